The number of piperidine rings is 1. The summed E-state index contributed by atoms with van der Waals surface area (Å²) >= 11 is 1.20. The number of ether oxygens (including phenoxy) is 2. The first-order chi connectivity index (χ1) is 13.5. The van der Waals surface area contributed by atoms with Crippen molar-refractivity contribution in [2.75, 3.05) is 33.4 Å². The Morgan fingerprint density at radius 1 is 1.25 bits per heavy atom. The SMILES string of the molecule is COc1ccc(OCCNC(=O)[C@H]2CCCN(S(=O)(=O)c3cccs3)C2)cc1. The second-order valence-corrected chi connectivity index (χ2v) is 9.56. The number of methoxy groups -OCH3 is 1. The van der Waals surface area contributed by atoms with Crippen molar-refractivity contribution in [3.8, 4) is 11.5 Å². The molecule has 1 amide bonds. The zero-order valence-corrected chi connectivity index (χ0v) is 17.3. The van der Waals surface area contributed by atoms with Gasteiger partial charge >= 0.3 is 0 Å². The fourth-order valence-electron chi connectivity index (χ4n) is 3.07. The van der Waals surface area contributed by atoms with Gasteiger partial charge in [-0.2, -0.15) is 4.31 Å². The molecule has 1 fully saturated rings. The number of carbonyl (C=O) groups is 1. The van der Waals surface area contributed by atoms with Crippen molar-refractivity contribution in [1.82, 2.24) is 9.62 Å². The van der Waals surface area contributed by atoms with Crippen LogP contribution in [0.25, 0.3) is 0 Å². The average Bonchev–Trinajstić information content (AvgIpc) is 3.27. The molecule has 0 spiro atoms. The first-order valence-corrected chi connectivity index (χ1v) is 11.4. The van der Waals surface area contributed by atoms with E-state index in [2.05, 4.69) is 5.32 Å². The smallest absolute Gasteiger partial charge is 0.252 e. The molecule has 1 aliphatic rings. The van der Waals surface area contributed by atoms with E-state index < -0.39 is 10.0 Å². The zero-order chi connectivity index (χ0) is 20.0. The minimum absolute atomic E-state index is 0.135. The predicted octanol–water partition coefficient (Wildman–Crippen LogP) is 2.35. The topological polar surface area (TPSA) is 84.9 Å². The number of thiophene rings is 1. The Morgan fingerprint density at radius 3 is 2.68 bits per heavy atom. The van der Waals surface area contributed by atoms with Crippen molar-refractivity contribution in [3.63, 3.8) is 0 Å². The molecule has 9 heteroatoms. The van der Waals surface area contributed by atoms with Crippen LogP contribution in [0.4, 0.5) is 0 Å². The van der Waals surface area contributed by atoms with Gasteiger partial charge in [0.1, 0.15) is 22.3 Å². The first kappa shape index (κ1) is 20.6. The number of benzene rings is 1. The molecule has 7 nitrogen and oxygen atoms in total. The number of nitrogens with zero attached hydrogens (tertiary/aromatic N) is 1. The highest BCUT2D eigenvalue weighted by molar-refractivity contribution is 7.91. The van der Waals surface area contributed by atoms with Gasteiger partial charge in [-0.15, -0.1) is 11.3 Å². The number of hydrogen-bond acceptors (Lipinski definition) is 6. The van der Waals surface area contributed by atoms with E-state index >= 15 is 0 Å². The molecule has 0 unspecified atom stereocenters. The summed E-state index contributed by atoms with van der Waals surface area (Å²) in [6, 6.07) is 10.5. The maximum atomic E-state index is 12.7. The Hall–Kier alpha value is -2.10. The van der Waals surface area contributed by atoms with Crippen LogP contribution in [0.2, 0.25) is 0 Å². The summed E-state index contributed by atoms with van der Waals surface area (Å²) in [4.78, 5) is 12.4. The second kappa shape index (κ2) is 9.40. The highest BCUT2D eigenvalue weighted by Crippen LogP contribution is 2.26. The zero-order valence-electron chi connectivity index (χ0n) is 15.7. The minimum Gasteiger partial charge on any atom is -0.497 e. The third-order valence-corrected chi connectivity index (χ3v) is 7.81. The molecule has 152 valence electrons. The van der Waals surface area contributed by atoms with Crippen LogP contribution in [-0.4, -0.2) is 52.0 Å². The highest BCUT2D eigenvalue weighted by Gasteiger charge is 2.33. The van der Waals surface area contributed by atoms with Gasteiger partial charge in [0.2, 0.25) is 5.91 Å². The Morgan fingerprint density at radius 2 is 2.00 bits per heavy atom. The molecule has 0 saturated carbocycles. The molecule has 3 rings (SSSR count). The molecule has 1 aromatic heterocycles. The van der Waals surface area contributed by atoms with Gasteiger partial charge in [0.15, 0.2) is 0 Å². The van der Waals surface area contributed by atoms with Crippen molar-refractivity contribution in [2.24, 2.45) is 5.92 Å². The average molecular weight is 425 g/mol. The number of carbonyl (C=O) groups excluding carboxylic acids is 1. The Kier molecular flexibility index (Phi) is 6.93. The van der Waals surface area contributed by atoms with E-state index in [-0.39, 0.29) is 18.4 Å². The fourth-order valence-corrected chi connectivity index (χ4v) is 5.74. The molecule has 0 bridgehead atoms. The molecule has 0 radical (unpaired) electrons. The fraction of sp³-hybridized carbons (Fsp3) is 0.421. The Labute approximate surface area is 169 Å². The first-order valence-electron chi connectivity index (χ1n) is 9.09. The molecule has 1 atom stereocenters. The van der Waals surface area contributed by atoms with Gasteiger partial charge in [0.05, 0.1) is 19.6 Å². The van der Waals surface area contributed by atoms with E-state index in [4.69, 9.17) is 9.47 Å². The lowest BCUT2D eigenvalue weighted by Gasteiger charge is -2.30. The summed E-state index contributed by atoms with van der Waals surface area (Å²) in [6.07, 6.45) is 1.35. The van der Waals surface area contributed by atoms with E-state index in [1.165, 1.54) is 15.6 Å². The van der Waals surface area contributed by atoms with Crippen molar-refractivity contribution in [1.29, 1.82) is 0 Å². The third-order valence-electron chi connectivity index (χ3n) is 4.57. The molecule has 28 heavy (non-hydrogen) atoms. The number of amides is 1. The normalized spacial score (nSPS) is 17.8. The van der Waals surface area contributed by atoms with Gasteiger partial charge in [-0.1, -0.05) is 6.07 Å². The molecule has 0 aliphatic carbocycles. The highest BCUT2D eigenvalue weighted by atomic mass is 32.2. The van der Waals surface area contributed by atoms with Gasteiger partial charge in [-0.3, -0.25) is 4.79 Å². The largest absolute Gasteiger partial charge is 0.497 e. The van der Waals surface area contributed by atoms with Crippen LogP contribution in [0.5, 0.6) is 11.5 Å². The summed E-state index contributed by atoms with van der Waals surface area (Å²) in [7, 11) is -1.91. The van der Waals surface area contributed by atoms with Gasteiger partial charge in [0, 0.05) is 13.1 Å². The van der Waals surface area contributed by atoms with Gasteiger partial charge in [-0.25, -0.2) is 8.42 Å². The Balaban J connectivity index is 1.46. The van der Waals surface area contributed by atoms with E-state index in [9.17, 15) is 13.2 Å². The molecular weight excluding hydrogens is 400 g/mol. The third kappa shape index (κ3) is 5.03. The van der Waals surface area contributed by atoms with Crippen LogP contribution in [-0.2, 0) is 14.8 Å². The number of nitrogens with one attached hydrogen (secondary N) is 1. The standard InChI is InChI=1S/C19H24N2O5S2/c1-25-16-6-8-17(9-7-16)26-12-10-20-19(22)15-4-2-11-21(14-15)28(23,24)18-5-3-13-27-18/h3,5-9,13,15H,2,4,10-12,14H2,1H3,(H,20,22)/t15-/m0/s1. The van der Waals surface area contributed by atoms with Crippen molar-refractivity contribution in [3.05, 3.63) is 41.8 Å². The summed E-state index contributed by atoms with van der Waals surface area (Å²) < 4.78 is 37.7. The maximum absolute atomic E-state index is 12.7. The van der Waals surface area contributed by atoms with Gasteiger partial charge < -0.3 is 14.8 Å². The lowest BCUT2D eigenvalue weighted by Crippen LogP contribution is -2.45. The molecular formula is C19H24N2O5S2. The van der Waals surface area contributed by atoms with Crippen LogP contribution in [0.15, 0.2) is 46.0 Å². The lowest BCUT2D eigenvalue weighted by molar-refractivity contribution is -0.126. The quantitative estimate of drug-likeness (QED) is 0.658. The second-order valence-electron chi connectivity index (χ2n) is 6.45. The molecule has 1 saturated heterocycles. The maximum Gasteiger partial charge on any atom is 0.252 e. The molecule has 1 N–H and O–H groups in total. The number of rotatable bonds is 8. The predicted molar refractivity (Wildman–Crippen MR) is 107 cm³/mol. The van der Waals surface area contributed by atoms with Crippen molar-refractivity contribution >= 4 is 27.3 Å². The lowest BCUT2D eigenvalue weighted by atomic mass is 9.99. The molecule has 1 aliphatic heterocycles. The van der Waals surface area contributed by atoms with Crippen molar-refractivity contribution in [2.45, 2.75) is 17.1 Å². The van der Waals surface area contributed by atoms with E-state index in [1.54, 1.807) is 48.9 Å². The minimum atomic E-state index is -3.52. The molecule has 2 aromatic rings. The monoisotopic (exact) mass is 424 g/mol. The summed E-state index contributed by atoms with van der Waals surface area (Å²) in [6.45, 7) is 1.36. The summed E-state index contributed by atoms with van der Waals surface area (Å²) in [5, 5.41) is 4.58. The molecule has 2 heterocycles. The number of sulfonamides is 1. The van der Waals surface area contributed by atoms with Gasteiger partial charge in [-0.05, 0) is 48.6 Å². The van der Waals surface area contributed by atoms with Crippen LogP contribution in [0.3, 0.4) is 0 Å². The van der Waals surface area contributed by atoms with Crippen LogP contribution < -0.4 is 14.8 Å². The van der Waals surface area contributed by atoms with E-state index in [0.29, 0.717) is 42.5 Å². The summed E-state index contributed by atoms with van der Waals surface area (Å²) in [5.41, 5.74) is 0. The Bertz CT molecular complexity index is 866. The van der Waals surface area contributed by atoms with E-state index in [0.717, 1.165) is 5.75 Å². The van der Waals surface area contributed by atoms with Crippen LogP contribution >= 0.6 is 11.3 Å². The van der Waals surface area contributed by atoms with Crippen molar-refractivity contribution < 1.29 is 22.7 Å². The van der Waals surface area contributed by atoms with Crippen LogP contribution in [0.1, 0.15) is 12.8 Å². The van der Waals surface area contributed by atoms with Crippen LogP contribution in [0, 0.1) is 5.92 Å². The van der Waals surface area contributed by atoms with E-state index in [1.807, 2.05) is 0 Å². The number of hydrogen-bond donors (Lipinski definition) is 1. The summed E-state index contributed by atoms with van der Waals surface area (Å²) in [5.74, 6) is 0.967. The van der Waals surface area contributed by atoms with Gasteiger partial charge in [0.25, 0.3) is 10.0 Å². The molecule has 1 aromatic carbocycles.